The van der Waals surface area contributed by atoms with Crippen LogP contribution in [0, 0.1) is 0 Å². The highest BCUT2D eigenvalue weighted by Gasteiger charge is 2.17. The summed E-state index contributed by atoms with van der Waals surface area (Å²) in [6.45, 7) is 2.35. The number of benzene rings is 1. The smallest absolute Gasteiger partial charge is 0.119 e. The Hall–Kier alpha value is -1.10. The zero-order valence-corrected chi connectivity index (χ0v) is 11.6. The van der Waals surface area contributed by atoms with Crippen molar-refractivity contribution in [1.82, 2.24) is 0 Å². The van der Waals surface area contributed by atoms with E-state index in [1.807, 2.05) is 6.07 Å². The van der Waals surface area contributed by atoms with Crippen LogP contribution in [0.5, 0.6) is 5.75 Å². The second-order valence-corrected chi connectivity index (χ2v) is 4.81. The maximum absolute atomic E-state index is 6.13. The van der Waals surface area contributed by atoms with E-state index in [-0.39, 0.29) is 6.04 Å². The van der Waals surface area contributed by atoms with Gasteiger partial charge in [-0.15, -0.1) is 0 Å². The minimum Gasteiger partial charge on any atom is -0.491 e. The van der Waals surface area contributed by atoms with Gasteiger partial charge in [0.2, 0.25) is 0 Å². The number of hydrogen-bond acceptors (Lipinski definition) is 4. The summed E-state index contributed by atoms with van der Waals surface area (Å²) in [6.07, 6.45) is 3.38. The third kappa shape index (κ3) is 4.20. The highest BCUT2D eigenvalue weighted by atomic mass is 16.5. The lowest BCUT2D eigenvalue weighted by Gasteiger charge is -2.22. The van der Waals surface area contributed by atoms with E-state index in [1.165, 1.54) is 17.5 Å². The van der Waals surface area contributed by atoms with Crippen LogP contribution in [0.2, 0.25) is 0 Å². The lowest BCUT2D eigenvalue weighted by atomic mass is 9.88. The van der Waals surface area contributed by atoms with E-state index in [2.05, 4.69) is 12.1 Å². The van der Waals surface area contributed by atoms with Gasteiger partial charge < -0.3 is 19.9 Å². The summed E-state index contributed by atoms with van der Waals surface area (Å²) in [5.41, 5.74) is 8.73. The quantitative estimate of drug-likeness (QED) is 0.767. The van der Waals surface area contributed by atoms with Crippen LogP contribution in [0.1, 0.15) is 30.0 Å². The van der Waals surface area contributed by atoms with Crippen molar-refractivity contribution in [2.75, 3.05) is 33.5 Å². The number of nitrogens with two attached hydrogens (primary N) is 1. The molecule has 2 N–H and O–H groups in total. The van der Waals surface area contributed by atoms with Crippen molar-refractivity contribution >= 4 is 0 Å². The molecule has 4 heteroatoms. The van der Waals surface area contributed by atoms with Crippen LogP contribution in [-0.2, 0) is 15.9 Å². The summed E-state index contributed by atoms with van der Waals surface area (Å²) in [5, 5.41) is 0. The van der Waals surface area contributed by atoms with Crippen LogP contribution in [-0.4, -0.2) is 33.5 Å². The van der Waals surface area contributed by atoms with Crippen molar-refractivity contribution < 1.29 is 14.2 Å². The average Bonchev–Trinajstić information content (AvgIpc) is 2.43. The minimum absolute atomic E-state index is 0.158. The SMILES string of the molecule is COCCOCCOc1ccc2c(c1)C(N)CCC2. The normalized spacial score (nSPS) is 18.1. The van der Waals surface area contributed by atoms with Crippen LogP contribution in [0.3, 0.4) is 0 Å². The summed E-state index contributed by atoms with van der Waals surface area (Å²) >= 11 is 0. The molecule has 4 nitrogen and oxygen atoms in total. The van der Waals surface area contributed by atoms with Gasteiger partial charge in [-0.05, 0) is 42.5 Å². The molecule has 1 atom stereocenters. The molecule has 0 bridgehead atoms. The fourth-order valence-electron chi connectivity index (χ4n) is 2.37. The van der Waals surface area contributed by atoms with E-state index in [9.17, 15) is 0 Å². The fourth-order valence-corrected chi connectivity index (χ4v) is 2.37. The number of methoxy groups -OCH3 is 1. The molecule has 0 saturated heterocycles. The Kier molecular flexibility index (Phi) is 5.63. The van der Waals surface area contributed by atoms with Gasteiger partial charge in [0, 0.05) is 13.2 Å². The lowest BCUT2D eigenvalue weighted by Crippen LogP contribution is -2.17. The molecule has 1 aromatic rings. The van der Waals surface area contributed by atoms with Crippen molar-refractivity contribution in [3.05, 3.63) is 29.3 Å². The van der Waals surface area contributed by atoms with E-state index in [4.69, 9.17) is 19.9 Å². The van der Waals surface area contributed by atoms with Gasteiger partial charge in [-0.2, -0.15) is 0 Å². The van der Waals surface area contributed by atoms with Crippen LogP contribution in [0.25, 0.3) is 0 Å². The van der Waals surface area contributed by atoms with Crippen molar-refractivity contribution in [3.63, 3.8) is 0 Å². The van der Waals surface area contributed by atoms with E-state index < -0.39 is 0 Å². The molecule has 0 saturated carbocycles. The molecule has 1 aliphatic carbocycles. The third-order valence-corrected chi connectivity index (χ3v) is 3.41. The molecule has 1 aromatic carbocycles. The first-order chi connectivity index (χ1) is 9.31. The van der Waals surface area contributed by atoms with Crippen LogP contribution in [0.4, 0.5) is 0 Å². The first-order valence-electron chi connectivity index (χ1n) is 6.89. The van der Waals surface area contributed by atoms with Crippen molar-refractivity contribution in [1.29, 1.82) is 0 Å². The Bertz CT molecular complexity index is 395. The topological polar surface area (TPSA) is 53.7 Å². The Morgan fingerprint density at radius 2 is 2.05 bits per heavy atom. The van der Waals surface area contributed by atoms with Crippen molar-refractivity contribution in [2.24, 2.45) is 5.73 Å². The standard InChI is InChI=1S/C15H23NO3/c1-17-7-8-18-9-10-19-13-6-5-12-3-2-4-15(16)14(12)11-13/h5-6,11,15H,2-4,7-10,16H2,1H3. The molecule has 0 radical (unpaired) electrons. The Morgan fingerprint density at radius 3 is 2.89 bits per heavy atom. The monoisotopic (exact) mass is 265 g/mol. The zero-order chi connectivity index (χ0) is 13.5. The summed E-state index contributed by atoms with van der Waals surface area (Å²) in [4.78, 5) is 0. The largest absolute Gasteiger partial charge is 0.491 e. The molecule has 0 fully saturated rings. The van der Waals surface area contributed by atoms with Gasteiger partial charge in [-0.25, -0.2) is 0 Å². The maximum Gasteiger partial charge on any atom is 0.119 e. The Labute approximate surface area is 114 Å². The first-order valence-corrected chi connectivity index (χ1v) is 6.89. The van der Waals surface area contributed by atoms with Gasteiger partial charge in [0.15, 0.2) is 0 Å². The molecule has 0 amide bonds. The molecular weight excluding hydrogens is 242 g/mol. The van der Waals surface area contributed by atoms with Gasteiger partial charge in [0.25, 0.3) is 0 Å². The van der Waals surface area contributed by atoms with Gasteiger partial charge in [-0.1, -0.05) is 6.07 Å². The van der Waals surface area contributed by atoms with E-state index >= 15 is 0 Å². The molecule has 2 rings (SSSR count). The molecule has 106 valence electrons. The average molecular weight is 265 g/mol. The molecule has 0 heterocycles. The molecule has 19 heavy (non-hydrogen) atoms. The maximum atomic E-state index is 6.13. The molecule has 0 spiro atoms. The highest BCUT2D eigenvalue weighted by Crippen LogP contribution is 2.30. The Morgan fingerprint density at radius 1 is 1.21 bits per heavy atom. The number of hydrogen-bond donors (Lipinski definition) is 1. The van der Waals surface area contributed by atoms with Crippen molar-refractivity contribution in [3.8, 4) is 5.75 Å². The molecule has 1 aliphatic rings. The van der Waals surface area contributed by atoms with Crippen LogP contribution in [0.15, 0.2) is 18.2 Å². The lowest BCUT2D eigenvalue weighted by molar-refractivity contribution is 0.0544. The second-order valence-electron chi connectivity index (χ2n) is 4.81. The predicted octanol–water partition coefficient (Wildman–Crippen LogP) is 2.06. The van der Waals surface area contributed by atoms with Crippen LogP contribution >= 0.6 is 0 Å². The second kappa shape index (κ2) is 7.48. The first kappa shape index (κ1) is 14.3. The van der Waals surface area contributed by atoms with Gasteiger partial charge >= 0.3 is 0 Å². The number of aryl methyl sites for hydroxylation is 1. The van der Waals surface area contributed by atoms with Crippen molar-refractivity contribution in [2.45, 2.75) is 25.3 Å². The fraction of sp³-hybridized carbons (Fsp3) is 0.600. The summed E-state index contributed by atoms with van der Waals surface area (Å²) in [6, 6.07) is 6.39. The van der Waals surface area contributed by atoms with E-state index in [1.54, 1.807) is 7.11 Å². The minimum atomic E-state index is 0.158. The van der Waals surface area contributed by atoms with Gasteiger partial charge in [-0.3, -0.25) is 0 Å². The number of rotatable bonds is 7. The summed E-state index contributed by atoms with van der Waals surface area (Å²) in [5.74, 6) is 0.881. The molecule has 0 aromatic heterocycles. The Balaban J connectivity index is 1.79. The van der Waals surface area contributed by atoms with E-state index in [0.717, 1.165) is 18.6 Å². The molecule has 0 aliphatic heterocycles. The summed E-state index contributed by atoms with van der Waals surface area (Å²) in [7, 11) is 1.66. The predicted molar refractivity (Wildman–Crippen MR) is 74.5 cm³/mol. The van der Waals surface area contributed by atoms with Crippen LogP contribution < -0.4 is 10.5 Å². The van der Waals surface area contributed by atoms with E-state index in [0.29, 0.717) is 26.4 Å². The number of fused-ring (bicyclic) bond motifs is 1. The highest BCUT2D eigenvalue weighted by molar-refractivity contribution is 5.39. The zero-order valence-electron chi connectivity index (χ0n) is 11.6. The molecular formula is C15H23NO3. The van der Waals surface area contributed by atoms with Gasteiger partial charge in [0.05, 0.1) is 19.8 Å². The summed E-state index contributed by atoms with van der Waals surface area (Å²) < 4.78 is 15.9. The molecule has 1 unspecified atom stereocenters. The number of ether oxygens (including phenoxy) is 3. The third-order valence-electron chi connectivity index (χ3n) is 3.41. The van der Waals surface area contributed by atoms with Gasteiger partial charge in [0.1, 0.15) is 12.4 Å².